The minimum absolute atomic E-state index is 0.131. The van der Waals surface area contributed by atoms with E-state index in [1.54, 1.807) is 0 Å². The zero-order valence-corrected chi connectivity index (χ0v) is 39.4. The van der Waals surface area contributed by atoms with E-state index >= 15 is 0 Å². The molecule has 0 aromatic heterocycles. The molecule has 0 aromatic rings. The fourth-order valence-electron chi connectivity index (χ4n) is 6.72. The van der Waals surface area contributed by atoms with Crippen molar-refractivity contribution in [3.05, 3.63) is 25.3 Å². The highest BCUT2D eigenvalue weighted by molar-refractivity contribution is 6.36. The van der Waals surface area contributed by atoms with Gasteiger partial charge >= 0.3 is 15.5 Å². The van der Waals surface area contributed by atoms with Crippen molar-refractivity contribution in [2.75, 3.05) is 32.9 Å². The van der Waals surface area contributed by atoms with E-state index in [9.17, 15) is 9.59 Å². The number of carboxylic acid groups (broad SMARTS) is 1. The van der Waals surface area contributed by atoms with Crippen LogP contribution in [0.5, 0.6) is 0 Å². The van der Waals surface area contributed by atoms with Crippen LogP contribution in [0.4, 0.5) is 0 Å². The molecule has 7 nitrogen and oxygen atoms in total. The van der Waals surface area contributed by atoms with Crippen LogP contribution < -0.4 is 0 Å². The first-order chi connectivity index (χ1) is 27.4. The third kappa shape index (κ3) is 52.5. The Morgan fingerprint density at radius 3 is 0.821 bits per heavy atom. The van der Waals surface area contributed by atoms with Gasteiger partial charge in [0.2, 0.25) is 5.91 Å². The van der Waals surface area contributed by atoms with Crippen LogP contribution in [0.1, 0.15) is 240 Å². The molecule has 8 heteroatoms. The van der Waals surface area contributed by atoms with Gasteiger partial charge in [-0.15, -0.1) is 0 Å². The molecule has 0 radical (unpaired) electrons. The van der Waals surface area contributed by atoms with Gasteiger partial charge in [0.1, 0.15) is 0 Å². The van der Waals surface area contributed by atoms with Crippen molar-refractivity contribution in [3.8, 4) is 0 Å². The molecule has 0 unspecified atom stereocenters. The molecule has 1 N–H and O–H groups in total. The van der Waals surface area contributed by atoms with E-state index in [1.165, 1.54) is 199 Å². The summed E-state index contributed by atoms with van der Waals surface area (Å²) in [6.45, 7) is 21.0. The molecule has 0 aliphatic rings. The number of carbonyl (C=O) groups is 2. The minimum Gasteiger partial charge on any atom is -0.478 e. The van der Waals surface area contributed by atoms with Crippen LogP contribution in [0.2, 0.25) is 0 Å². The van der Waals surface area contributed by atoms with Crippen molar-refractivity contribution < 1.29 is 28.0 Å². The maximum Gasteiger partial charge on any atom is 0.484 e. The van der Waals surface area contributed by atoms with Crippen LogP contribution in [0.3, 0.4) is 0 Å². The largest absolute Gasteiger partial charge is 0.484 e. The Morgan fingerprint density at radius 1 is 0.429 bits per heavy atom. The van der Waals surface area contributed by atoms with Gasteiger partial charge in [0.05, 0.1) is 0 Å². The van der Waals surface area contributed by atoms with Crippen molar-refractivity contribution in [2.24, 2.45) is 0 Å². The standard InChI is InChI=1S/C39H77NO.C6H16O3Si.C3H4O2/c1-4-7-9-11-13-15-17-19-21-23-25-27-29-31-33-35-37-40(39(41)6-3)38-36-34-32-30-28-26-24-22-20-18-16-14-12-10-8-5-2;1-4-7-10(8-5-2)9-6-3;1-2-3(4)5/h6H,3-5,7-38H2,1-2H3;10H,4-6H2,1-3H3;2H,1H2,(H,4,5). The second-order valence-electron chi connectivity index (χ2n) is 15.3. The van der Waals surface area contributed by atoms with Crippen LogP contribution >= 0.6 is 0 Å². The van der Waals surface area contributed by atoms with Crippen LogP contribution in [0.15, 0.2) is 25.3 Å². The number of carboxylic acids is 1. The monoisotopic (exact) mass is 812 g/mol. The lowest BCUT2D eigenvalue weighted by atomic mass is 10.0. The SMILES string of the molecule is C=CC(=O)N(CCCCCCCCCCCCCCCCCC)CCCCCCCCCCCCCCCCCC.C=CC(=O)O.CCO[SiH](OCC)OCC. The third-order valence-corrected chi connectivity index (χ3v) is 11.9. The van der Waals surface area contributed by atoms with Crippen LogP contribution in [0.25, 0.3) is 0 Å². The highest BCUT2D eigenvalue weighted by atomic mass is 28.3. The van der Waals surface area contributed by atoms with Crippen molar-refractivity contribution >= 4 is 21.4 Å². The average Bonchev–Trinajstić information content (AvgIpc) is 3.20. The van der Waals surface area contributed by atoms with E-state index in [4.69, 9.17) is 18.4 Å². The number of nitrogens with zero attached hydrogens (tertiary/aromatic N) is 1. The van der Waals surface area contributed by atoms with E-state index < -0.39 is 15.5 Å². The summed E-state index contributed by atoms with van der Waals surface area (Å²) in [4.78, 5) is 23.6. The van der Waals surface area contributed by atoms with Gasteiger partial charge in [0, 0.05) is 39.0 Å². The summed E-state index contributed by atoms with van der Waals surface area (Å²) in [6.07, 6.45) is 46.8. The molecule has 0 aromatic carbocycles. The van der Waals surface area contributed by atoms with Gasteiger partial charge in [-0.1, -0.05) is 220 Å². The Morgan fingerprint density at radius 2 is 0.643 bits per heavy atom. The first-order valence-electron chi connectivity index (χ1n) is 24.0. The molecule has 0 saturated heterocycles. The van der Waals surface area contributed by atoms with E-state index in [2.05, 4.69) is 31.9 Å². The molecule has 56 heavy (non-hydrogen) atoms. The molecule has 0 aliphatic heterocycles. The normalized spacial score (nSPS) is 10.8. The quantitative estimate of drug-likeness (QED) is 0.0375. The first kappa shape index (κ1) is 58.8. The number of carbonyl (C=O) groups excluding carboxylic acids is 1. The first-order valence-corrected chi connectivity index (χ1v) is 25.4. The van der Waals surface area contributed by atoms with Gasteiger partial charge < -0.3 is 23.3 Å². The molecule has 1 amide bonds. The fraction of sp³-hybridized carbons (Fsp3) is 0.875. The summed E-state index contributed by atoms with van der Waals surface area (Å²) in [5.74, 6) is -0.850. The average molecular weight is 812 g/mol. The zero-order chi connectivity index (χ0) is 42.0. The maximum absolute atomic E-state index is 12.3. The summed E-state index contributed by atoms with van der Waals surface area (Å²) >= 11 is 0. The molecule has 0 bridgehead atoms. The number of hydrogen-bond acceptors (Lipinski definition) is 5. The lowest BCUT2D eigenvalue weighted by molar-refractivity contribution is -0.131. The van der Waals surface area contributed by atoms with E-state index in [0.29, 0.717) is 19.8 Å². The van der Waals surface area contributed by atoms with Gasteiger partial charge in [-0.25, -0.2) is 4.79 Å². The van der Waals surface area contributed by atoms with Gasteiger partial charge in [0.15, 0.2) is 0 Å². The summed E-state index contributed by atoms with van der Waals surface area (Å²) in [6, 6.07) is 0. The predicted octanol–water partition coefficient (Wildman–Crippen LogP) is 14.6. The lowest BCUT2D eigenvalue weighted by Crippen LogP contribution is -2.31. The maximum atomic E-state index is 12.3. The summed E-state index contributed by atoms with van der Waals surface area (Å²) in [5.41, 5.74) is 0. The van der Waals surface area contributed by atoms with Crippen molar-refractivity contribution in [2.45, 2.75) is 240 Å². The van der Waals surface area contributed by atoms with Gasteiger partial charge in [-0.2, -0.15) is 0 Å². The third-order valence-electron chi connectivity index (χ3n) is 10.1. The van der Waals surface area contributed by atoms with E-state index in [-0.39, 0.29) is 5.91 Å². The molecule has 0 saturated carbocycles. The topological polar surface area (TPSA) is 85.3 Å². The van der Waals surface area contributed by atoms with Crippen LogP contribution in [-0.2, 0) is 22.9 Å². The summed E-state index contributed by atoms with van der Waals surface area (Å²) < 4.78 is 15.7. The molecule has 0 atom stereocenters. The molecule has 334 valence electrons. The van der Waals surface area contributed by atoms with Gasteiger partial charge in [-0.3, -0.25) is 4.79 Å². The molecule has 0 spiro atoms. The zero-order valence-electron chi connectivity index (χ0n) is 38.2. The molecule has 0 heterocycles. The van der Waals surface area contributed by atoms with Crippen LogP contribution in [-0.4, -0.2) is 64.3 Å². The van der Waals surface area contributed by atoms with Crippen molar-refractivity contribution in [1.29, 1.82) is 0 Å². The van der Waals surface area contributed by atoms with Gasteiger partial charge in [0.25, 0.3) is 0 Å². The Bertz CT molecular complexity index is 747. The predicted molar refractivity (Wildman–Crippen MR) is 246 cm³/mol. The van der Waals surface area contributed by atoms with Crippen LogP contribution in [0, 0.1) is 0 Å². The Balaban J connectivity index is -0.00000156. The van der Waals surface area contributed by atoms with Crippen molar-refractivity contribution in [1.82, 2.24) is 4.90 Å². The number of rotatable bonds is 42. The number of aliphatic carboxylic acids is 1. The Labute approximate surface area is 351 Å². The highest BCUT2D eigenvalue weighted by Crippen LogP contribution is 2.16. The number of hydrogen-bond donors (Lipinski definition) is 1. The summed E-state index contributed by atoms with van der Waals surface area (Å²) in [5, 5.41) is 7.60. The molecule has 0 rings (SSSR count). The number of amides is 1. The fourth-order valence-corrected chi connectivity index (χ4v) is 7.82. The van der Waals surface area contributed by atoms with Gasteiger partial charge in [-0.05, 0) is 39.7 Å². The van der Waals surface area contributed by atoms with E-state index in [1.807, 2.05) is 20.8 Å². The smallest absolute Gasteiger partial charge is 0.478 e. The molecule has 0 aliphatic carbocycles. The molecular weight excluding hydrogens is 715 g/mol. The van der Waals surface area contributed by atoms with Crippen molar-refractivity contribution in [3.63, 3.8) is 0 Å². The second-order valence-corrected chi connectivity index (χ2v) is 16.9. The Hall–Kier alpha value is -1.48. The molecule has 0 fully saturated rings. The minimum atomic E-state index is -1.73. The summed E-state index contributed by atoms with van der Waals surface area (Å²) in [7, 11) is -1.73. The highest BCUT2D eigenvalue weighted by Gasteiger charge is 2.11. The second kappa shape index (κ2) is 53.5. The number of unbranched alkanes of at least 4 members (excludes halogenated alkanes) is 30. The van der Waals surface area contributed by atoms with E-state index in [0.717, 1.165) is 32.0 Å². The Kier molecular flexibility index (Phi) is 56.2. The lowest BCUT2D eigenvalue weighted by Gasteiger charge is -2.21. The molecular formula is C48H97NO6Si.